The Kier molecular flexibility index (Phi) is 2.71. The lowest BCUT2D eigenvalue weighted by Crippen LogP contribution is -2.46. The minimum atomic E-state index is 0.0691. The fourth-order valence-electron chi connectivity index (χ4n) is 2.19. The maximum atomic E-state index is 12.3. The molecule has 0 aromatic carbocycles. The molecule has 2 aromatic rings. The Morgan fingerprint density at radius 3 is 2.89 bits per heavy atom. The molecule has 1 fully saturated rings. The van der Waals surface area contributed by atoms with Crippen LogP contribution in [0.15, 0.2) is 18.3 Å². The van der Waals surface area contributed by atoms with Crippen molar-refractivity contribution in [3.8, 4) is 0 Å². The highest BCUT2D eigenvalue weighted by Crippen LogP contribution is 2.10. The van der Waals surface area contributed by atoms with Crippen molar-refractivity contribution in [1.29, 1.82) is 0 Å². The van der Waals surface area contributed by atoms with Gasteiger partial charge in [-0.1, -0.05) is 0 Å². The third-order valence-corrected chi connectivity index (χ3v) is 3.23. The van der Waals surface area contributed by atoms with E-state index in [1.54, 1.807) is 6.07 Å². The molecular weight excluding hydrogens is 230 g/mol. The number of hydrogen-bond acceptors (Lipinski definition) is 4. The Balaban J connectivity index is 1.91. The quantitative estimate of drug-likeness (QED) is 0.773. The molecule has 1 aliphatic heterocycles. The monoisotopic (exact) mass is 245 g/mol. The van der Waals surface area contributed by atoms with E-state index < -0.39 is 0 Å². The molecule has 6 heteroatoms. The van der Waals surface area contributed by atoms with Crippen LogP contribution in [0.2, 0.25) is 0 Å². The molecule has 6 nitrogen and oxygen atoms in total. The summed E-state index contributed by atoms with van der Waals surface area (Å²) in [4.78, 5) is 14.2. The van der Waals surface area contributed by atoms with Crippen LogP contribution in [0.1, 0.15) is 16.2 Å². The number of rotatable bonds is 1. The van der Waals surface area contributed by atoms with E-state index in [0.717, 1.165) is 32.0 Å². The van der Waals surface area contributed by atoms with E-state index >= 15 is 0 Å². The Morgan fingerprint density at radius 2 is 2.11 bits per heavy atom. The first-order chi connectivity index (χ1) is 8.75. The van der Waals surface area contributed by atoms with E-state index in [1.165, 1.54) is 0 Å². The smallest absolute Gasteiger partial charge is 0.254 e. The molecule has 0 atom stereocenters. The highest BCUT2D eigenvalue weighted by molar-refractivity contribution is 5.95. The van der Waals surface area contributed by atoms with Crippen molar-refractivity contribution >= 4 is 11.6 Å². The maximum Gasteiger partial charge on any atom is 0.254 e. The molecule has 0 radical (unpaired) electrons. The third-order valence-electron chi connectivity index (χ3n) is 3.23. The highest BCUT2D eigenvalue weighted by atomic mass is 16.2. The molecule has 0 spiro atoms. The van der Waals surface area contributed by atoms with E-state index in [4.69, 9.17) is 0 Å². The summed E-state index contributed by atoms with van der Waals surface area (Å²) in [5.41, 5.74) is 1.39. The van der Waals surface area contributed by atoms with Gasteiger partial charge in [0.1, 0.15) is 5.82 Å². The van der Waals surface area contributed by atoms with Crippen LogP contribution < -0.4 is 5.32 Å². The van der Waals surface area contributed by atoms with Gasteiger partial charge in [-0.25, -0.2) is 0 Å². The van der Waals surface area contributed by atoms with Gasteiger partial charge in [-0.05, 0) is 19.1 Å². The summed E-state index contributed by atoms with van der Waals surface area (Å²) >= 11 is 0. The fourth-order valence-corrected chi connectivity index (χ4v) is 2.19. The predicted octanol–water partition coefficient (Wildman–Crippen LogP) is 0.0831. The second-order valence-corrected chi connectivity index (χ2v) is 4.43. The number of piperazine rings is 1. The van der Waals surface area contributed by atoms with Gasteiger partial charge in [0, 0.05) is 37.9 Å². The molecule has 94 valence electrons. The van der Waals surface area contributed by atoms with Crippen LogP contribution in [-0.2, 0) is 0 Å². The van der Waals surface area contributed by atoms with Crippen LogP contribution in [-0.4, -0.2) is 51.6 Å². The van der Waals surface area contributed by atoms with Crippen molar-refractivity contribution in [2.24, 2.45) is 0 Å². The molecule has 0 bridgehead atoms. The highest BCUT2D eigenvalue weighted by Gasteiger charge is 2.18. The lowest BCUT2D eigenvalue weighted by molar-refractivity contribution is 0.0736. The minimum absolute atomic E-state index is 0.0691. The second kappa shape index (κ2) is 4.38. The second-order valence-electron chi connectivity index (χ2n) is 4.43. The molecule has 3 rings (SSSR count). The Labute approximate surface area is 105 Å². The fraction of sp³-hybridized carbons (Fsp3) is 0.417. The van der Waals surface area contributed by atoms with E-state index in [0.29, 0.717) is 11.2 Å². The Bertz CT molecular complexity index is 585. The molecule has 1 N–H and O–H groups in total. The van der Waals surface area contributed by atoms with Gasteiger partial charge in [0.15, 0.2) is 5.65 Å². The normalized spacial score (nSPS) is 16.2. The minimum Gasteiger partial charge on any atom is -0.336 e. The van der Waals surface area contributed by atoms with Crippen LogP contribution in [0.4, 0.5) is 0 Å². The van der Waals surface area contributed by atoms with Gasteiger partial charge < -0.3 is 10.2 Å². The lowest BCUT2D eigenvalue weighted by Gasteiger charge is -2.27. The topological polar surface area (TPSA) is 62.5 Å². The summed E-state index contributed by atoms with van der Waals surface area (Å²) < 4.78 is 1.87. The van der Waals surface area contributed by atoms with Crippen molar-refractivity contribution < 1.29 is 4.79 Å². The maximum absolute atomic E-state index is 12.3. The van der Waals surface area contributed by atoms with E-state index in [9.17, 15) is 4.79 Å². The van der Waals surface area contributed by atoms with Crippen molar-refractivity contribution in [1.82, 2.24) is 24.8 Å². The first kappa shape index (κ1) is 11.2. The van der Waals surface area contributed by atoms with Crippen molar-refractivity contribution in [2.75, 3.05) is 26.2 Å². The predicted molar refractivity (Wildman–Crippen MR) is 66.5 cm³/mol. The summed E-state index contributed by atoms with van der Waals surface area (Å²) in [7, 11) is 0. The standard InChI is InChI=1S/C12H15N5O/c1-9-14-15-11-8-10(2-5-17(9)11)12(18)16-6-3-13-4-7-16/h2,5,8,13H,3-4,6-7H2,1H3. The lowest BCUT2D eigenvalue weighted by atomic mass is 10.2. The number of aromatic nitrogens is 3. The number of nitrogens with zero attached hydrogens (tertiary/aromatic N) is 4. The summed E-state index contributed by atoms with van der Waals surface area (Å²) in [6.07, 6.45) is 1.85. The molecule has 0 saturated carbocycles. The van der Waals surface area contributed by atoms with Gasteiger partial charge in [-0.15, -0.1) is 10.2 Å². The van der Waals surface area contributed by atoms with Gasteiger partial charge >= 0.3 is 0 Å². The number of hydrogen-bond donors (Lipinski definition) is 1. The molecule has 1 aliphatic rings. The molecule has 1 saturated heterocycles. The first-order valence-corrected chi connectivity index (χ1v) is 6.07. The van der Waals surface area contributed by atoms with E-state index in [-0.39, 0.29) is 5.91 Å². The molecule has 0 aliphatic carbocycles. The van der Waals surface area contributed by atoms with Gasteiger partial charge in [-0.2, -0.15) is 0 Å². The first-order valence-electron chi connectivity index (χ1n) is 6.07. The van der Waals surface area contributed by atoms with Crippen LogP contribution in [0.5, 0.6) is 0 Å². The molecule has 3 heterocycles. The van der Waals surface area contributed by atoms with E-state index in [2.05, 4.69) is 15.5 Å². The SMILES string of the molecule is Cc1nnc2cc(C(=O)N3CCNCC3)ccn12. The van der Waals surface area contributed by atoms with Crippen molar-refractivity contribution in [3.05, 3.63) is 29.7 Å². The van der Waals surface area contributed by atoms with Gasteiger partial charge in [-0.3, -0.25) is 9.20 Å². The molecule has 2 aromatic heterocycles. The number of aryl methyl sites for hydroxylation is 1. The van der Waals surface area contributed by atoms with Crippen molar-refractivity contribution in [3.63, 3.8) is 0 Å². The summed E-state index contributed by atoms with van der Waals surface area (Å²) in [5.74, 6) is 0.894. The van der Waals surface area contributed by atoms with Crippen LogP contribution in [0, 0.1) is 6.92 Å². The van der Waals surface area contributed by atoms with Crippen molar-refractivity contribution in [2.45, 2.75) is 6.92 Å². The third kappa shape index (κ3) is 1.84. The zero-order valence-electron chi connectivity index (χ0n) is 10.3. The number of pyridine rings is 1. The summed E-state index contributed by atoms with van der Waals surface area (Å²) in [5, 5.41) is 11.3. The average molecular weight is 245 g/mol. The largest absolute Gasteiger partial charge is 0.336 e. The number of nitrogens with one attached hydrogen (secondary N) is 1. The number of fused-ring (bicyclic) bond motifs is 1. The van der Waals surface area contributed by atoms with Gasteiger partial charge in [0.2, 0.25) is 0 Å². The zero-order chi connectivity index (χ0) is 12.5. The summed E-state index contributed by atoms with van der Waals surface area (Å²) in [6, 6.07) is 3.62. The average Bonchev–Trinajstić information content (AvgIpc) is 2.80. The van der Waals surface area contributed by atoms with Gasteiger partial charge in [0.05, 0.1) is 0 Å². The van der Waals surface area contributed by atoms with Crippen LogP contribution in [0.3, 0.4) is 0 Å². The number of carbonyl (C=O) groups excluding carboxylic acids is 1. The van der Waals surface area contributed by atoms with E-state index in [1.807, 2.05) is 28.5 Å². The van der Waals surface area contributed by atoms with Crippen LogP contribution >= 0.6 is 0 Å². The summed E-state index contributed by atoms with van der Waals surface area (Å²) in [6.45, 7) is 5.12. The number of amides is 1. The van der Waals surface area contributed by atoms with Gasteiger partial charge in [0.25, 0.3) is 5.91 Å². The zero-order valence-corrected chi connectivity index (χ0v) is 10.3. The Morgan fingerprint density at radius 1 is 1.33 bits per heavy atom. The number of carbonyl (C=O) groups is 1. The molecule has 0 unspecified atom stereocenters. The Hall–Kier alpha value is -1.95. The molecule has 18 heavy (non-hydrogen) atoms. The van der Waals surface area contributed by atoms with Crippen LogP contribution in [0.25, 0.3) is 5.65 Å². The molecule has 1 amide bonds. The molecular formula is C12H15N5O.